The van der Waals surface area contributed by atoms with Crippen molar-refractivity contribution in [2.24, 2.45) is 7.05 Å². The van der Waals surface area contributed by atoms with Crippen LogP contribution in [0.15, 0.2) is 5.16 Å². The molecule has 7 nitrogen and oxygen atoms in total. The third kappa shape index (κ3) is 3.20. The number of ether oxygens (including phenoxy) is 1. The van der Waals surface area contributed by atoms with E-state index in [4.69, 9.17) is 4.74 Å². The van der Waals surface area contributed by atoms with Crippen LogP contribution in [0, 0.1) is 0 Å². The Morgan fingerprint density at radius 2 is 2.11 bits per heavy atom. The van der Waals surface area contributed by atoms with Gasteiger partial charge in [-0.1, -0.05) is 11.8 Å². The molecule has 2 unspecified atom stereocenters. The minimum atomic E-state index is 0.0965. The minimum Gasteiger partial charge on any atom is -0.372 e. The molecule has 0 aliphatic carbocycles. The maximum atomic E-state index is 12.1. The molecule has 100 valence electrons. The molecule has 0 radical (unpaired) electrons. The molecule has 8 heteroatoms. The van der Waals surface area contributed by atoms with Crippen molar-refractivity contribution in [2.45, 2.75) is 31.2 Å². The SMILES string of the molecule is CC1CN(C(=O)CSc2nnnn2C)CC(C)O1. The van der Waals surface area contributed by atoms with Crippen LogP contribution in [0.5, 0.6) is 0 Å². The Morgan fingerprint density at radius 1 is 1.44 bits per heavy atom. The number of nitrogens with zero attached hydrogens (tertiary/aromatic N) is 5. The summed E-state index contributed by atoms with van der Waals surface area (Å²) in [6.45, 7) is 5.27. The van der Waals surface area contributed by atoms with Gasteiger partial charge in [-0.05, 0) is 24.3 Å². The van der Waals surface area contributed by atoms with Gasteiger partial charge in [-0.15, -0.1) is 5.10 Å². The third-order valence-electron chi connectivity index (χ3n) is 2.68. The second kappa shape index (κ2) is 5.66. The second-order valence-electron chi connectivity index (χ2n) is 4.43. The molecule has 1 amide bonds. The summed E-state index contributed by atoms with van der Waals surface area (Å²) in [6, 6.07) is 0. The van der Waals surface area contributed by atoms with Crippen LogP contribution in [-0.4, -0.2) is 62.1 Å². The van der Waals surface area contributed by atoms with Crippen LogP contribution in [0.1, 0.15) is 13.8 Å². The molecule has 1 aromatic rings. The topological polar surface area (TPSA) is 73.1 Å². The number of thioether (sulfide) groups is 1. The summed E-state index contributed by atoms with van der Waals surface area (Å²) < 4.78 is 7.16. The average Bonchev–Trinajstić information content (AvgIpc) is 2.70. The highest BCUT2D eigenvalue weighted by Gasteiger charge is 2.25. The Balaban J connectivity index is 1.86. The highest BCUT2D eigenvalue weighted by atomic mass is 32.2. The van der Waals surface area contributed by atoms with E-state index in [2.05, 4.69) is 15.5 Å². The van der Waals surface area contributed by atoms with E-state index in [9.17, 15) is 4.79 Å². The van der Waals surface area contributed by atoms with Crippen LogP contribution >= 0.6 is 11.8 Å². The van der Waals surface area contributed by atoms with Gasteiger partial charge in [0.25, 0.3) is 0 Å². The van der Waals surface area contributed by atoms with Gasteiger partial charge in [0.05, 0.1) is 18.0 Å². The van der Waals surface area contributed by atoms with E-state index in [1.807, 2.05) is 18.7 Å². The number of carbonyl (C=O) groups is 1. The average molecular weight is 271 g/mol. The summed E-state index contributed by atoms with van der Waals surface area (Å²) in [5.41, 5.74) is 0. The number of carbonyl (C=O) groups excluding carboxylic acids is 1. The monoisotopic (exact) mass is 271 g/mol. The fraction of sp³-hybridized carbons (Fsp3) is 0.800. The van der Waals surface area contributed by atoms with Gasteiger partial charge in [0.1, 0.15) is 0 Å². The van der Waals surface area contributed by atoms with E-state index in [1.165, 1.54) is 11.8 Å². The summed E-state index contributed by atoms with van der Waals surface area (Å²) in [6.07, 6.45) is 0.193. The fourth-order valence-electron chi connectivity index (χ4n) is 1.94. The number of tetrazole rings is 1. The van der Waals surface area contributed by atoms with Gasteiger partial charge in [0.2, 0.25) is 11.1 Å². The molecule has 18 heavy (non-hydrogen) atoms. The summed E-state index contributed by atoms with van der Waals surface area (Å²) in [4.78, 5) is 13.9. The van der Waals surface area contributed by atoms with Crippen molar-refractivity contribution in [1.82, 2.24) is 25.1 Å². The Hall–Kier alpha value is -1.15. The number of amides is 1. The molecular formula is C10H17N5O2S. The van der Waals surface area contributed by atoms with Crippen molar-refractivity contribution in [3.8, 4) is 0 Å². The van der Waals surface area contributed by atoms with E-state index in [0.29, 0.717) is 24.0 Å². The van der Waals surface area contributed by atoms with Crippen LogP contribution in [-0.2, 0) is 16.6 Å². The van der Waals surface area contributed by atoms with E-state index >= 15 is 0 Å². The second-order valence-corrected chi connectivity index (χ2v) is 5.37. The van der Waals surface area contributed by atoms with Gasteiger partial charge >= 0.3 is 0 Å². The lowest BCUT2D eigenvalue weighted by atomic mass is 10.2. The standard InChI is InChI=1S/C10H17N5O2S/c1-7-4-15(5-8(2)17-7)9(16)6-18-10-11-12-13-14(10)3/h7-8H,4-6H2,1-3H3. The lowest BCUT2D eigenvalue weighted by Crippen LogP contribution is -2.48. The van der Waals surface area contributed by atoms with Gasteiger partial charge < -0.3 is 9.64 Å². The molecule has 0 bridgehead atoms. The largest absolute Gasteiger partial charge is 0.372 e. The molecular weight excluding hydrogens is 254 g/mol. The molecule has 1 fully saturated rings. The van der Waals surface area contributed by atoms with Crippen LogP contribution in [0.3, 0.4) is 0 Å². The normalized spacial score (nSPS) is 24.3. The number of rotatable bonds is 3. The van der Waals surface area contributed by atoms with E-state index in [0.717, 1.165) is 0 Å². The molecule has 1 saturated heterocycles. The minimum absolute atomic E-state index is 0.0965. The zero-order valence-corrected chi connectivity index (χ0v) is 11.6. The van der Waals surface area contributed by atoms with E-state index < -0.39 is 0 Å². The lowest BCUT2D eigenvalue weighted by Gasteiger charge is -2.35. The number of morpholine rings is 1. The Morgan fingerprint density at radius 3 is 2.67 bits per heavy atom. The van der Waals surface area contributed by atoms with Gasteiger partial charge in [-0.3, -0.25) is 4.79 Å². The van der Waals surface area contributed by atoms with E-state index in [-0.39, 0.29) is 18.1 Å². The maximum absolute atomic E-state index is 12.1. The molecule has 1 aliphatic rings. The van der Waals surface area contributed by atoms with E-state index in [1.54, 1.807) is 11.7 Å². The van der Waals surface area contributed by atoms with Gasteiger partial charge in [-0.2, -0.15) is 0 Å². The number of hydrogen-bond donors (Lipinski definition) is 0. The van der Waals surface area contributed by atoms with Crippen molar-refractivity contribution < 1.29 is 9.53 Å². The zero-order chi connectivity index (χ0) is 13.1. The lowest BCUT2D eigenvalue weighted by molar-refractivity contribution is -0.140. The highest BCUT2D eigenvalue weighted by molar-refractivity contribution is 7.99. The van der Waals surface area contributed by atoms with Crippen molar-refractivity contribution in [3.63, 3.8) is 0 Å². The molecule has 2 atom stereocenters. The summed E-state index contributed by atoms with van der Waals surface area (Å²) >= 11 is 1.35. The molecule has 0 aromatic carbocycles. The Bertz CT molecular complexity index is 414. The Labute approximate surface area is 110 Å². The third-order valence-corrected chi connectivity index (χ3v) is 3.67. The van der Waals surface area contributed by atoms with Crippen LogP contribution in [0.2, 0.25) is 0 Å². The first-order valence-electron chi connectivity index (χ1n) is 5.84. The van der Waals surface area contributed by atoms with Gasteiger partial charge in [0, 0.05) is 20.1 Å². The van der Waals surface area contributed by atoms with Crippen molar-refractivity contribution in [2.75, 3.05) is 18.8 Å². The van der Waals surface area contributed by atoms with Crippen molar-refractivity contribution >= 4 is 17.7 Å². The first-order valence-corrected chi connectivity index (χ1v) is 6.83. The predicted molar refractivity (Wildman–Crippen MR) is 66.1 cm³/mol. The summed E-state index contributed by atoms with van der Waals surface area (Å²) in [5.74, 6) is 0.457. The predicted octanol–water partition coefficient (Wildman–Crippen LogP) is -0.0620. The highest BCUT2D eigenvalue weighted by Crippen LogP contribution is 2.16. The molecule has 2 heterocycles. The quantitative estimate of drug-likeness (QED) is 0.717. The molecule has 0 spiro atoms. The first-order chi connectivity index (χ1) is 8.56. The van der Waals surface area contributed by atoms with Crippen molar-refractivity contribution in [1.29, 1.82) is 0 Å². The number of aromatic nitrogens is 4. The van der Waals surface area contributed by atoms with Gasteiger partial charge in [-0.25, -0.2) is 4.68 Å². The number of aryl methyl sites for hydroxylation is 1. The molecule has 1 aliphatic heterocycles. The van der Waals surface area contributed by atoms with Gasteiger partial charge in [0.15, 0.2) is 0 Å². The Kier molecular flexibility index (Phi) is 4.18. The van der Waals surface area contributed by atoms with Crippen LogP contribution in [0.25, 0.3) is 0 Å². The zero-order valence-electron chi connectivity index (χ0n) is 10.7. The molecule has 0 saturated carbocycles. The molecule has 0 N–H and O–H groups in total. The molecule has 1 aromatic heterocycles. The maximum Gasteiger partial charge on any atom is 0.233 e. The van der Waals surface area contributed by atoms with Crippen LogP contribution in [0.4, 0.5) is 0 Å². The summed E-state index contributed by atoms with van der Waals surface area (Å²) in [5, 5.41) is 11.7. The smallest absolute Gasteiger partial charge is 0.233 e. The first kappa shape index (κ1) is 13.3. The number of hydrogen-bond acceptors (Lipinski definition) is 6. The fourth-order valence-corrected chi connectivity index (χ4v) is 2.70. The van der Waals surface area contributed by atoms with Crippen molar-refractivity contribution in [3.05, 3.63) is 0 Å². The van der Waals surface area contributed by atoms with Crippen LogP contribution < -0.4 is 0 Å². The molecule has 2 rings (SSSR count). The summed E-state index contributed by atoms with van der Waals surface area (Å²) in [7, 11) is 1.76.